The predicted molar refractivity (Wildman–Crippen MR) is 59.6 cm³/mol. The minimum Gasteiger partial charge on any atom is -0.479 e. The number of nitriles is 1. The molecule has 1 aromatic heterocycles. The number of rotatable bonds is 2. The van der Waals surface area contributed by atoms with Crippen LogP contribution < -0.4 is 10.3 Å². The predicted octanol–water partition coefficient (Wildman–Crippen LogP) is 1.52. The van der Waals surface area contributed by atoms with Gasteiger partial charge in [0.2, 0.25) is 0 Å². The average Bonchev–Trinajstić information content (AvgIpc) is 2.30. The van der Waals surface area contributed by atoms with E-state index in [1.54, 1.807) is 0 Å². The van der Waals surface area contributed by atoms with Crippen molar-refractivity contribution < 1.29 is 4.74 Å². The van der Waals surface area contributed by atoms with Gasteiger partial charge in [0.15, 0.2) is 5.88 Å². The number of ether oxygens (including phenoxy) is 1. The Balaban J connectivity index is 2.63. The summed E-state index contributed by atoms with van der Waals surface area (Å²) >= 11 is 0. The van der Waals surface area contributed by atoms with Gasteiger partial charge < -0.3 is 4.74 Å². The zero-order valence-electron chi connectivity index (χ0n) is 9.30. The molecule has 0 saturated heterocycles. The summed E-state index contributed by atoms with van der Waals surface area (Å²) in [5.41, 5.74) is 1.84. The molecule has 0 spiro atoms. The minimum absolute atomic E-state index is 0.262. The third-order valence-corrected chi connectivity index (χ3v) is 2.90. The van der Waals surface area contributed by atoms with E-state index < -0.39 is 0 Å². The Morgan fingerprint density at radius 3 is 2.69 bits per heavy atom. The second kappa shape index (κ2) is 4.40. The van der Waals surface area contributed by atoms with Crippen molar-refractivity contribution in [2.24, 2.45) is 0 Å². The molecule has 0 aromatic carbocycles. The first-order valence-electron chi connectivity index (χ1n) is 5.58. The van der Waals surface area contributed by atoms with Gasteiger partial charge in [0.25, 0.3) is 5.56 Å². The largest absolute Gasteiger partial charge is 0.479 e. The Kier molecular flexibility index (Phi) is 2.95. The van der Waals surface area contributed by atoms with Crippen molar-refractivity contribution in [3.05, 3.63) is 27.0 Å². The van der Waals surface area contributed by atoms with Gasteiger partial charge in [-0.3, -0.25) is 9.78 Å². The molecule has 1 aliphatic carbocycles. The molecule has 0 amide bonds. The van der Waals surface area contributed by atoms with Crippen LogP contribution in [0, 0.1) is 11.3 Å². The van der Waals surface area contributed by atoms with Crippen molar-refractivity contribution in [3.8, 4) is 11.9 Å². The van der Waals surface area contributed by atoms with Gasteiger partial charge in [-0.15, -0.1) is 0 Å². The van der Waals surface area contributed by atoms with Crippen molar-refractivity contribution in [1.29, 1.82) is 5.26 Å². The number of pyridine rings is 1. The smallest absolute Gasteiger partial charge is 0.268 e. The fraction of sp³-hybridized carbons (Fsp3) is 0.500. The maximum Gasteiger partial charge on any atom is 0.268 e. The average molecular weight is 218 g/mol. The molecule has 0 atom stereocenters. The Hall–Kier alpha value is -1.76. The van der Waals surface area contributed by atoms with Crippen LogP contribution in [0.25, 0.3) is 0 Å². The number of hydrogen-bond donors (Lipinski definition) is 1. The molecule has 16 heavy (non-hydrogen) atoms. The van der Waals surface area contributed by atoms with Gasteiger partial charge in [-0.05, 0) is 38.2 Å². The molecule has 0 bridgehead atoms. The topological polar surface area (TPSA) is 65.9 Å². The molecular weight excluding hydrogens is 204 g/mol. The molecule has 4 nitrogen and oxygen atoms in total. The highest BCUT2D eigenvalue weighted by atomic mass is 16.5. The monoisotopic (exact) mass is 218 g/mol. The lowest BCUT2D eigenvalue weighted by atomic mass is 9.90. The van der Waals surface area contributed by atoms with E-state index in [-0.39, 0.29) is 11.1 Å². The second-order valence-electron chi connectivity index (χ2n) is 3.87. The van der Waals surface area contributed by atoms with Crippen LogP contribution in [0.4, 0.5) is 0 Å². The van der Waals surface area contributed by atoms with E-state index in [4.69, 9.17) is 10.00 Å². The number of fused-ring (bicyclic) bond motifs is 1. The summed E-state index contributed by atoms with van der Waals surface area (Å²) in [7, 11) is 0. The Morgan fingerprint density at radius 2 is 2.06 bits per heavy atom. The number of nitrogens with zero attached hydrogens (tertiary/aromatic N) is 1. The normalized spacial score (nSPS) is 14.0. The van der Waals surface area contributed by atoms with Crippen molar-refractivity contribution in [2.45, 2.75) is 32.6 Å². The van der Waals surface area contributed by atoms with Crippen molar-refractivity contribution in [2.75, 3.05) is 6.61 Å². The first kappa shape index (κ1) is 10.7. The summed E-state index contributed by atoms with van der Waals surface area (Å²) in [4.78, 5) is 14.3. The van der Waals surface area contributed by atoms with Gasteiger partial charge in [0.05, 0.1) is 6.61 Å². The maximum atomic E-state index is 11.7. The standard InChI is InChI=1S/C12H14N2O2/c1-2-16-12-9-6-4-3-5-8(9)10(7-13)11(15)14-12/h2-6H2,1H3,(H,14,15). The quantitative estimate of drug-likeness (QED) is 0.818. The molecule has 2 rings (SSSR count). The van der Waals surface area contributed by atoms with Crippen LogP contribution in [0.5, 0.6) is 5.88 Å². The van der Waals surface area contributed by atoms with E-state index in [1.807, 2.05) is 13.0 Å². The lowest BCUT2D eigenvalue weighted by molar-refractivity contribution is 0.320. The third kappa shape index (κ3) is 1.69. The van der Waals surface area contributed by atoms with Gasteiger partial charge in [-0.2, -0.15) is 5.26 Å². The van der Waals surface area contributed by atoms with Crippen LogP contribution in [0.15, 0.2) is 4.79 Å². The zero-order chi connectivity index (χ0) is 11.5. The van der Waals surface area contributed by atoms with E-state index in [0.29, 0.717) is 12.5 Å². The van der Waals surface area contributed by atoms with Crippen LogP contribution in [0.3, 0.4) is 0 Å². The molecule has 4 heteroatoms. The number of aromatic amines is 1. The molecule has 84 valence electrons. The number of H-pyrrole nitrogens is 1. The fourth-order valence-electron chi connectivity index (χ4n) is 2.20. The molecule has 1 heterocycles. The first-order valence-corrected chi connectivity index (χ1v) is 5.58. The van der Waals surface area contributed by atoms with Gasteiger partial charge in [-0.25, -0.2) is 0 Å². The SMILES string of the molecule is CCOc1[nH]c(=O)c(C#N)c2c1CCCC2. The molecule has 0 aliphatic heterocycles. The molecule has 1 aromatic rings. The maximum absolute atomic E-state index is 11.7. The Labute approximate surface area is 93.9 Å². The lowest BCUT2D eigenvalue weighted by Crippen LogP contribution is -2.20. The molecule has 0 unspecified atom stereocenters. The van der Waals surface area contributed by atoms with E-state index >= 15 is 0 Å². The highest BCUT2D eigenvalue weighted by molar-refractivity contribution is 5.46. The van der Waals surface area contributed by atoms with Gasteiger partial charge in [0.1, 0.15) is 11.6 Å². The van der Waals surface area contributed by atoms with Crippen molar-refractivity contribution in [1.82, 2.24) is 4.98 Å². The zero-order valence-corrected chi connectivity index (χ0v) is 9.30. The van der Waals surface area contributed by atoms with Crippen LogP contribution in [-0.2, 0) is 12.8 Å². The van der Waals surface area contributed by atoms with Crippen LogP contribution in [0.1, 0.15) is 36.5 Å². The lowest BCUT2D eigenvalue weighted by Gasteiger charge is -2.19. The van der Waals surface area contributed by atoms with Gasteiger partial charge >= 0.3 is 0 Å². The van der Waals surface area contributed by atoms with Gasteiger partial charge in [-0.1, -0.05) is 0 Å². The molecule has 1 N–H and O–H groups in total. The third-order valence-electron chi connectivity index (χ3n) is 2.90. The highest BCUT2D eigenvalue weighted by Crippen LogP contribution is 2.28. The fourth-order valence-corrected chi connectivity index (χ4v) is 2.20. The summed E-state index contributed by atoms with van der Waals surface area (Å²) in [6.07, 6.45) is 3.82. The summed E-state index contributed by atoms with van der Waals surface area (Å²) in [6.45, 7) is 2.40. The van der Waals surface area contributed by atoms with Crippen molar-refractivity contribution >= 4 is 0 Å². The second-order valence-corrected chi connectivity index (χ2v) is 3.87. The molecule has 1 aliphatic rings. The Bertz CT molecular complexity index is 497. The first-order chi connectivity index (χ1) is 7.77. The Morgan fingerprint density at radius 1 is 1.38 bits per heavy atom. The summed E-state index contributed by atoms with van der Waals surface area (Å²) in [5, 5.41) is 8.98. The summed E-state index contributed by atoms with van der Waals surface area (Å²) in [5.74, 6) is 0.557. The van der Waals surface area contributed by atoms with E-state index in [9.17, 15) is 4.79 Å². The van der Waals surface area contributed by atoms with Crippen LogP contribution >= 0.6 is 0 Å². The van der Waals surface area contributed by atoms with E-state index in [1.165, 1.54) is 0 Å². The van der Waals surface area contributed by atoms with E-state index in [2.05, 4.69) is 4.98 Å². The summed E-state index contributed by atoms with van der Waals surface area (Å²) < 4.78 is 5.42. The van der Waals surface area contributed by atoms with Crippen molar-refractivity contribution in [3.63, 3.8) is 0 Å². The van der Waals surface area contributed by atoms with E-state index in [0.717, 1.165) is 36.8 Å². The number of aromatic nitrogens is 1. The van der Waals surface area contributed by atoms with Crippen LogP contribution in [0.2, 0.25) is 0 Å². The number of nitrogens with one attached hydrogen (secondary N) is 1. The van der Waals surface area contributed by atoms with Gasteiger partial charge in [0, 0.05) is 5.56 Å². The molecule has 0 saturated carbocycles. The van der Waals surface area contributed by atoms with Crippen LogP contribution in [-0.4, -0.2) is 11.6 Å². The molecule has 0 fully saturated rings. The number of hydrogen-bond acceptors (Lipinski definition) is 3. The molecule has 0 radical (unpaired) electrons. The molecular formula is C12H14N2O2. The highest BCUT2D eigenvalue weighted by Gasteiger charge is 2.20. The summed E-state index contributed by atoms with van der Waals surface area (Å²) in [6, 6.07) is 1.99. The minimum atomic E-state index is -0.327.